The van der Waals surface area contributed by atoms with E-state index in [1.165, 1.54) is 12.1 Å². The van der Waals surface area contributed by atoms with Crippen LogP contribution in [0.3, 0.4) is 0 Å². The normalized spacial score (nSPS) is 12.2. The molecule has 6 heteroatoms. The fraction of sp³-hybridized carbons (Fsp3) is 0.143. The molecule has 2 aromatic carbocycles. The zero-order valence-electron chi connectivity index (χ0n) is 10.7. The second kappa shape index (κ2) is 6.30. The molecule has 2 aromatic rings. The number of ether oxygens (including phenoxy) is 1. The first kappa shape index (κ1) is 14.9. The predicted molar refractivity (Wildman–Crippen MR) is 76.2 cm³/mol. The van der Waals surface area contributed by atoms with Crippen LogP contribution in [0.25, 0.3) is 0 Å². The van der Waals surface area contributed by atoms with Gasteiger partial charge in [-0.15, -0.1) is 0 Å². The highest BCUT2D eigenvalue weighted by Crippen LogP contribution is 2.31. The molecule has 20 heavy (non-hydrogen) atoms. The standard InChI is InChI=1S/C14H13BrF2N2O/c1-20-13-5-2-8(6-11(13)15)14(19-18)10-4-3-9(16)7-12(10)17/h2-7,14,19H,18H2,1H3. The zero-order valence-corrected chi connectivity index (χ0v) is 12.2. The molecule has 0 radical (unpaired) electrons. The maximum atomic E-state index is 13.8. The van der Waals surface area contributed by atoms with Crippen molar-refractivity contribution in [1.29, 1.82) is 0 Å². The van der Waals surface area contributed by atoms with Crippen molar-refractivity contribution in [3.63, 3.8) is 0 Å². The maximum Gasteiger partial charge on any atom is 0.133 e. The second-order valence-electron chi connectivity index (χ2n) is 4.16. The third-order valence-electron chi connectivity index (χ3n) is 2.95. The summed E-state index contributed by atoms with van der Waals surface area (Å²) >= 11 is 3.36. The number of rotatable bonds is 4. The summed E-state index contributed by atoms with van der Waals surface area (Å²) in [7, 11) is 1.55. The highest BCUT2D eigenvalue weighted by atomic mass is 79.9. The largest absolute Gasteiger partial charge is 0.496 e. The minimum atomic E-state index is -0.653. The Labute approximate surface area is 123 Å². The lowest BCUT2D eigenvalue weighted by Gasteiger charge is -2.18. The Bertz CT molecular complexity index is 622. The molecule has 0 bridgehead atoms. The van der Waals surface area contributed by atoms with Gasteiger partial charge in [-0.05, 0) is 39.7 Å². The Kier molecular flexibility index (Phi) is 4.69. The molecule has 3 nitrogen and oxygen atoms in total. The molecule has 0 spiro atoms. The average molecular weight is 343 g/mol. The van der Waals surface area contributed by atoms with Crippen molar-refractivity contribution >= 4 is 15.9 Å². The number of hydrazine groups is 1. The van der Waals surface area contributed by atoms with Crippen molar-refractivity contribution in [2.24, 2.45) is 5.84 Å². The first-order chi connectivity index (χ1) is 9.56. The number of methoxy groups -OCH3 is 1. The summed E-state index contributed by atoms with van der Waals surface area (Å²) in [5, 5.41) is 0. The number of benzene rings is 2. The van der Waals surface area contributed by atoms with Gasteiger partial charge in [0.1, 0.15) is 17.4 Å². The predicted octanol–water partition coefficient (Wildman–Crippen LogP) is 3.29. The van der Waals surface area contributed by atoms with Gasteiger partial charge in [0.05, 0.1) is 17.6 Å². The molecule has 1 unspecified atom stereocenters. The Balaban J connectivity index is 2.44. The van der Waals surface area contributed by atoms with E-state index in [9.17, 15) is 8.78 Å². The van der Waals surface area contributed by atoms with Gasteiger partial charge in [-0.2, -0.15) is 0 Å². The first-order valence-corrected chi connectivity index (χ1v) is 6.60. The average Bonchev–Trinajstić information content (AvgIpc) is 2.42. The topological polar surface area (TPSA) is 47.3 Å². The van der Waals surface area contributed by atoms with Crippen molar-refractivity contribution in [2.75, 3.05) is 7.11 Å². The molecule has 0 aliphatic carbocycles. The van der Waals surface area contributed by atoms with Gasteiger partial charge in [-0.25, -0.2) is 14.2 Å². The van der Waals surface area contributed by atoms with Crippen LogP contribution in [0.1, 0.15) is 17.2 Å². The van der Waals surface area contributed by atoms with Crippen molar-refractivity contribution < 1.29 is 13.5 Å². The van der Waals surface area contributed by atoms with Crippen LogP contribution in [0, 0.1) is 11.6 Å². The van der Waals surface area contributed by atoms with Gasteiger partial charge in [-0.1, -0.05) is 12.1 Å². The molecule has 0 aliphatic rings. The molecule has 0 aromatic heterocycles. The van der Waals surface area contributed by atoms with Crippen molar-refractivity contribution in [3.05, 3.63) is 63.6 Å². The Morgan fingerprint density at radius 3 is 2.50 bits per heavy atom. The summed E-state index contributed by atoms with van der Waals surface area (Å²) in [6, 6.07) is 8.08. The molecule has 3 N–H and O–H groups in total. The Hall–Kier alpha value is -1.50. The smallest absolute Gasteiger partial charge is 0.133 e. The Morgan fingerprint density at radius 2 is 1.95 bits per heavy atom. The van der Waals surface area contributed by atoms with Crippen LogP contribution < -0.4 is 16.0 Å². The number of hydrogen-bond donors (Lipinski definition) is 2. The van der Waals surface area contributed by atoms with Gasteiger partial charge in [-0.3, -0.25) is 5.84 Å². The van der Waals surface area contributed by atoms with Gasteiger partial charge in [0.15, 0.2) is 0 Å². The molecule has 0 aliphatic heterocycles. The van der Waals surface area contributed by atoms with Crippen molar-refractivity contribution in [3.8, 4) is 5.75 Å². The van der Waals surface area contributed by atoms with E-state index >= 15 is 0 Å². The Morgan fingerprint density at radius 1 is 1.20 bits per heavy atom. The molecule has 0 amide bonds. The maximum absolute atomic E-state index is 13.8. The highest BCUT2D eigenvalue weighted by Gasteiger charge is 2.18. The molecule has 0 heterocycles. The minimum Gasteiger partial charge on any atom is -0.496 e. The first-order valence-electron chi connectivity index (χ1n) is 5.81. The second-order valence-corrected chi connectivity index (χ2v) is 5.01. The van der Waals surface area contributed by atoms with Crippen LogP contribution in [-0.2, 0) is 0 Å². The lowest BCUT2D eigenvalue weighted by molar-refractivity contribution is 0.411. The van der Waals surface area contributed by atoms with E-state index in [-0.39, 0.29) is 5.56 Å². The summed E-state index contributed by atoms with van der Waals surface area (Å²) in [6.45, 7) is 0. The molecule has 0 saturated carbocycles. The molecular formula is C14H13BrF2N2O. The number of halogens is 3. The van der Waals surface area contributed by atoms with E-state index in [0.717, 1.165) is 16.1 Å². The van der Waals surface area contributed by atoms with E-state index in [1.807, 2.05) is 0 Å². The third-order valence-corrected chi connectivity index (χ3v) is 3.57. The van der Waals surface area contributed by atoms with Gasteiger partial charge < -0.3 is 4.74 Å². The van der Waals surface area contributed by atoms with E-state index in [1.54, 1.807) is 25.3 Å². The van der Waals surface area contributed by atoms with Crippen LogP contribution in [-0.4, -0.2) is 7.11 Å². The summed E-state index contributed by atoms with van der Waals surface area (Å²) < 4.78 is 32.7. The highest BCUT2D eigenvalue weighted by molar-refractivity contribution is 9.10. The molecule has 2 rings (SSSR count). The van der Waals surface area contributed by atoms with E-state index in [2.05, 4.69) is 21.4 Å². The van der Waals surface area contributed by atoms with Crippen LogP contribution >= 0.6 is 15.9 Å². The SMILES string of the molecule is COc1ccc(C(NN)c2ccc(F)cc2F)cc1Br. The minimum absolute atomic E-state index is 0.269. The summed E-state index contributed by atoms with van der Waals surface area (Å²) in [5.41, 5.74) is 3.53. The fourth-order valence-electron chi connectivity index (χ4n) is 1.96. The lowest BCUT2D eigenvalue weighted by Crippen LogP contribution is -2.29. The van der Waals surface area contributed by atoms with Crippen molar-refractivity contribution in [2.45, 2.75) is 6.04 Å². The zero-order chi connectivity index (χ0) is 14.7. The molecule has 1 atom stereocenters. The third kappa shape index (κ3) is 2.98. The summed E-state index contributed by atoms with van der Waals surface area (Å²) in [6.07, 6.45) is 0. The molecule has 0 fully saturated rings. The van der Waals surface area contributed by atoms with Gasteiger partial charge in [0.25, 0.3) is 0 Å². The number of nitrogens with two attached hydrogens (primary N) is 1. The fourth-order valence-corrected chi connectivity index (χ4v) is 2.52. The quantitative estimate of drug-likeness (QED) is 0.662. The van der Waals surface area contributed by atoms with E-state index in [4.69, 9.17) is 10.6 Å². The van der Waals surface area contributed by atoms with Crippen LogP contribution in [0.5, 0.6) is 5.75 Å². The summed E-state index contributed by atoms with van der Waals surface area (Å²) in [5.74, 6) is 4.88. The van der Waals surface area contributed by atoms with Gasteiger partial charge in [0.2, 0.25) is 0 Å². The van der Waals surface area contributed by atoms with E-state index in [0.29, 0.717) is 5.75 Å². The number of nitrogens with one attached hydrogen (secondary N) is 1. The van der Waals surface area contributed by atoms with Crippen LogP contribution in [0.4, 0.5) is 8.78 Å². The lowest BCUT2D eigenvalue weighted by atomic mass is 9.98. The van der Waals surface area contributed by atoms with E-state index < -0.39 is 17.7 Å². The van der Waals surface area contributed by atoms with Crippen LogP contribution in [0.2, 0.25) is 0 Å². The molecule has 106 valence electrons. The molecule has 0 saturated heterocycles. The van der Waals surface area contributed by atoms with Crippen LogP contribution in [0.15, 0.2) is 40.9 Å². The van der Waals surface area contributed by atoms with Crippen molar-refractivity contribution in [1.82, 2.24) is 5.43 Å². The summed E-state index contributed by atoms with van der Waals surface area (Å²) in [4.78, 5) is 0. The van der Waals surface area contributed by atoms with Gasteiger partial charge in [0, 0.05) is 11.6 Å². The molecular weight excluding hydrogens is 330 g/mol. The monoisotopic (exact) mass is 342 g/mol. The van der Waals surface area contributed by atoms with Gasteiger partial charge >= 0.3 is 0 Å². The number of hydrogen-bond acceptors (Lipinski definition) is 3.